The molecule has 0 aliphatic heterocycles. The molecular formula is C12H16ClN5O2. The fourth-order valence-electron chi connectivity index (χ4n) is 1.48. The van der Waals surface area contributed by atoms with E-state index in [2.05, 4.69) is 27.0 Å². The predicted octanol–water partition coefficient (Wildman–Crippen LogP) is 2.71. The number of hydrogen-bond donors (Lipinski definition) is 0. The quantitative estimate of drug-likeness (QED) is 0.816. The van der Waals surface area contributed by atoms with Crippen molar-refractivity contribution in [3.8, 4) is 17.8 Å². The molecule has 0 aliphatic carbocycles. The summed E-state index contributed by atoms with van der Waals surface area (Å²) in [6, 6.07) is 0.215. The molecule has 0 saturated heterocycles. The van der Waals surface area contributed by atoms with E-state index in [4.69, 9.17) is 21.1 Å². The smallest absolute Gasteiger partial charge is 0.329 e. The van der Waals surface area contributed by atoms with Gasteiger partial charge in [-0.15, -0.1) is 4.98 Å². The molecule has 2 aromatic rings. The molecule has 20 heavy (non-hydrogen) atoms. The molecule has 0 spiro atoms. The van der Waals surface area contributed by atoms with Gasteiger partial charge >= 0.3 is 12.0 Å². The normalized spacial score (nSPS) is 10.8. The van der Waals surface area contributed by atoms with Crippen LogP contribution in [0.4, 0.5) is 0 Å². The highest BCUT2D eigenvalue weighted by molar-refractivity contribution is 6.28. The van der Waals surface area contributed by atoms with Crippen molar-refractivity contribution in [1.82, 2.24) is 24.7 Å². The highest BCUT2D eigenvalue weighted by Gasteiger charge is 2.10. The molecule has 0 aliphatic rings. The summed E-state index contributed by atoms with van der Waals surface area (Å²) in [5.41, 5.74) is 0. The fourth-order valence-corrected chi connectivity index (χ4v) is 1.62. The van der Waals surface area contributed by atoms with Crippen molar-refractivity contribution in [2.45, 2.75) is 39.8 Å². The molecule has 0 aromatic carbocycles. The van der Waals surface area contributed by atoms with Crippen molar-refractivity contribution in [2.24, 2.45) is 0 Å². The summed E-state index contributed by atoms with van der Waals surface area (Å²) in [7, 11) is 0. The Balaban J connectivity index is 2.13. The van der Waals surface area contributed by atoms with Crippen LogP contribution in [0.25, 0.3) is 0 Å². The van der Waals surface area contributed by atoms with E-state index in [1.54, 1.807) is 17.1 Å². The fraction of sp³-hybridized carbons (Fsp3) is 0.500. The second-order valence-corrected chi connectivity index (χ2v) is 4.72. The Morgan fingerprint density at radius 1 is 1.25 bits per heavy atom. The van der Waals surface area contributed by atoms with E-state index in [9.17, 15) is 0 Å². The van der Waals surface area contributed by atoms with E-state index in [1.807, 2.05) is 13.8 Å². The predicted molar refractivity (Wildman–Crippen MR) is 73.2 cm³/mol. The lowest BCUT2D eigenvalue weighted by Crippen LogP contribution is -2.09. The number of hydrogen-bond acceptors (Lipinski definition) is 6. The van der Waals surface area contributed by atoms with Crippen LogP contribution in [0, 0.1) is 0 Å². The molecule has 0 bridgehead atoms. The van der Waals surface area contributed by atoms with Gasteiger partial charge in [-0.25, -0.2) is 0 Å². The zero-order valence-electron chi connectivity index (χ0n) is 11.6. The Bertz CT molecular complexity index is 573. The lowest BCUT2D eigenvalue weighted by Gasteiger charge is -2.08. The number of halogens is 1. The molecule has 0 amide bonds. The highest BCUT2D eigenvalue weighted by atomic mass is 35.5. The molecule has 0 atom stereocenters. The first-order chi connectivity index (χ1) is 9.56. The summed E-state index contributed by atoms with van der Waals surface area (Å²) in [4.78, 5) is 11.8. The molecule has 0 fully saturated rings. The summed E-state index contributed by atoms with van der Waals surface area (Å²) in [5, 5.41) is 4.17. The highest BCUT2D eigenvalue weighted by Crippen LogP contribution is 2.20. The van der Waals surface area contributed by atoms with Crippen LogP contribution in [0.5, 0.6) is 17.8 Å². The number of nitrogens with zero attached hydrogens (tertiary/aromatic N) is 5. The second-order valence-electron chi connectivity index (χ2n) is 4.38. The first-order valence-electron chi connectivity index (χ1n) is 6.35. The summed E-state index contributed by atoms with van der Waals surface area (Å²) < 4.78 is 12.6. The zero-order chi connectivity index (χ0) is 14.5. The summed E-state index contributed by atoms with van der Waals surface area (Å²) in [6.45, 7) is 6.63. The van der Waals surface area contributed by atoms with Gasteiger partial charge in [0.15, 0.2) is 5.75 Å². The maximum Gasteiger partial charge on any atom is 0.329 e. The van der Waals surface area contributed by atoms with Gasteiger partial charge in [0.2, 0.25) is 5.28 Å². The van der Waals surface area contributed by atoms with Crippen molar-refractivity contribution < 1.29 is 9.47 Å². The lowest BCUT2D eigenvalue weighted by molar-refractivity contribution is 0.218. The molecule has 0 unspecified atom stereocenters. The molecule has 7 nitrogen and oxygen atoms in total. The maximum absolute atomic E-state index is 5.81. The van der Waals surface area contributed by atoms with E-state index >= 15 is 0 Å². The van der Waals surface area contributed by atoms with Crippen molar-refractivity contribution in [1.29, 1.82) is 0 Å². The molecule has 2 rings (SSSR count). The molecule has 2 heterocycles. The van der Waals surface area contributed by atoms with Crippen LogP contribution < -0.4 is 9.47 Å². The van der Waals surface area contributed by atoms with Crippen LogP contribution in [0.1, 0.15) is 27.2 Å². The zero-order valence-corrected chi connectivity index (χ0v) is 12.3. The van der Waals surface area contributed by atoms with Crippen LogP contribution in [0.15, 0.2) is 12.4 Å². The third-order valence-electron chi connectivity index (χ3n) is 2.18. The molecule has 108 valence electrons. The van der Waals surface area contributed by atoms with Crippen LogP contribution in [0.2, 0.25) is 5.28 Å². The van der Waals surface area contributed by atoms with Gasteiger partial charge < -0.3 is 9.47 Å². The van der Waals surface area contributed by atoms with Gasteiger partial charge in [0.25, 0.3) is 0 Å². The first kappa shape index (κ1) is 14.5. The van der Waals surface area contributed by atoms with Crippen molar-refractivity contribution in [3.63, 3.8) is 0 Å². The van der Waals surface area contributed by atoms with Gasteiger partial charge in [0.1, 0.15) is 0 Å². The Morgan fingerprint density at radius 3 is 2.70 bits per heavy atom. The molecular weight excluding hydrogens is 282 g/mol. The topological polar surface area (TPSA) is 75.0 Å². The van der Waals surface area contributed by atoms with E-state index in [1.165, 1.54) is 0 Å². The lowest BCUT2D eigenvalue weighted by atomic mass is 10.5. The van der Waals surface area contributed by atoms with Gasteiger partial charge in [0.05, 0.1) is 18.5 Å². The third kappa shape index (κ3) is 4.06. The van der Waals surface area contributed by atoms with E-state index < -0.39 is 0 Å². The monoisotopic (exact) mass is 297 g/mol. The number of ether oxygens (including phenoxy) is 2. The minimum atomic E-state index is -0.0615. The Hall–Kier alpha value is -1.89. The van der Waals surface area contributed by atoms with Gasteiger partial charge in [-0.05, 0) is 31.9 Å². The molecule has 0 saturated carbocycles. The number of rotatable bonds is 6. The van der Waals surface area contributed by atoms with Crippen LogP contribution >= 0.6 is 11.6 Å². The van der Waals surface area contributed by atoms with Gasteiger partial charge in [-0.2, -0.15) is 15.1 Å². The Kier molecular flexibility index (Phi) is 4.73. The first-order valence-corrected chi connectivity index (χ1v) is 6.73. The number of aromatic nitrogens is 5. The van der Waals surface area contributed by atoms with Crippen LogP contribution in [-0.2, 0) is 6.54 Å². The average molecular weight is 298 g/mol. The molecule has 8 heteroatoms. The van der Waals surface area contributed by atoms with E-state index in [0.29, 0.717) is 5.75 Å². The Labute approximate surface area is 121 Å². The average Bonchev–Trinajstić information content (AvgIpc) is 2.75. The van der Waals surface area contributed by atoms with E-state index in [0.717, 1.165) is 13.0 Å². The molecule has 2 aromatic heterocycles. The van der Waals surface area contributed by atoms with Gasteiger partial charge in [0, 0.05) is 6.54 Å². The van der Waals surface area contributed by atoms with Gasteiger partial charge in [-0.1, -0.05) is 6.92 Å². The van der Waals surface area contributed by atoms with Crippen LogP contribution in [-0.4, -0.2) is 30.8 Å². The summed E-state index contributed by atoms with van der Waals surface area (Å²) in [6.07, 6.45) is 4.29. The Morgan fingerprint density at radius 2 is 2.00 bits per heavy atom. The van der Waals surface area contributed by atoms with Crippen molar-refractivity contribution in [3.05, 3.63) is 17.7 Å². The van der Waals surface area contributed by atoms with E-state index in [-0.39, 0.29) is 23.4 Å². The second kappa shape index (κ2) is 6.51. The SMILES string of the molecule is CCCn1cc(Oc2nc(Cl)nc(OC(C)C)n2)cn1. The minimum absolute atomic E-state index is 0.0200. The van der Waals surface area contributed by atoms with Gasteiger partial charge in [-0.3, -0.25) is 4.68 Å². The molecule has 0 radical (unpaired) electrons. The largest absolute Gasteiger partial charge is 0.461 e. The van der Waals surface area contributed by atoms with Crippen molar-refractivity contribution in [2.75, 3.05) is 0 Å². The maximum atomic E-state index is 5.81. The molecule has 0 N–H and O–H groups in total. The standard InChI is InChI=1S/C12H16ClN5O2/c1-4-5-18-7-9(6-14-18)20-12-16-10(13)15-11(17-12)19-8(2)3/h6-8H,4-5H2,1-3H3. The summed E-state index contributed by atoms with van der Waals surface area (Å²) in [5.74, 6) is 0.538. The summed E-state index contributed by atoms with van der Waals surface area (Å²) >= 11 is 5.81. The third-order valence-corrected chi connectivity index (χ3v) is 2.35. The minimum Gasteiger partial charge on any atom is -0.461 e. The van der Waals surface area contributed by atoms with Crippen LogP contribution in [0.3, 0.4) is 0 Å². The number of aryl methyl sites for hydroxylation is 1. The van der Waals surface area contributed by atoms with Crippen molar-refractivity contribution >= 4 is 11.6 Å².